The van der Waals surface area contributed by atoms with Gasteiger partial charge in [-0.15, -0.1) is 0 Å². The lowest BCUT2D eigenvalue weighted by Crippen LogP contribution is -2.27. The zero-order valence-corrected chi connectivity index (χ0v) is 8.87. The number of carbonyl (C=O) groups is 2. The van der Waals surface area contributed by atoms with Gasteiger partial charge in [0.2, 0.25) is 0 Å². The molecule has 0 fully saturated rings. The minimum absolute atomic E-state index is 0.0110. The minimum atomic E-state index is -0.797. The van der Waals surface area contributed by atoms with Gasteiger partial charge in [0.25, 0.3) is 11.7 Å². The van der Waals surface area contributed by atoms with Gasteiger partial charge in [0.1, 0.15) is 11.6 Å². The molecule has 1 aromatic heterocycles. The molecule has 0 bridgehead atoms. The Bertz CT molecular complexity index is 618. The fourth-order valence-corrected chi connectivity index (χ4v) is 1.63. The predicted molar refractivity (Wildman–Crippen MR) is 58.3 cm³/mol. The van der Waals surface area contributed by atoms with Gasteiger partial charge in [0.15, 0.2) is 0 Å². The summed E-state index contributed by atoms with van der Waals surface area (Å²) in [7, 11) is 1.33. The normalized spacial score (nSPS) is 10.5. The molecule has 0 unspecified atom stereocenters. The van der Waals surface area contributed by atoms with E-state index in [0.717, 1.165) is 12.1 Å². The highest BCUT2D eigenvalue weighted by Crippen LogP contribution is 2.29. The second kappa shape index (κ2) is 3.89. The zero-order valence-electron chi connectivity index (χ0n) is 8.87. The molecule has 2 rings (SSSR count). The lowest BCUT2D eigenvalue weighted by molar-refractivity contribution is -0.116. The number of benzene rings is 1. The predicted octanol–water partition coefficient (Wildman–Crippen LogP) is 0.941. The van der Waals surface area contributed by atoms with Crippen LogP contribution in [0.25, 0.3) is 10.9 Å². The van der Waals surface area contributed by atoms with Crippen molar-refractivity contribution in [2.45, 2.75) is 0 Å². The number of hydrogen-bond acceptors (Lipinski definition) is 3. The lowest BCUT2D eigenvalue weighted by atomic mass is 10.1. The SMILES string of the molecule is CNC(=O)C(=O)c1c[nH]c2cc(F)cc(O)c12. The highest BCUT2D eigenvalue weighted by Gasteiger charge is 2.21. The van der Waals surface area contributed by atoms with Crippen molar-refractivity contribution in [3.05, 3.63) is 29.7 Å². The van der Waals surface area contributed by atoms with Crippen molar-refractivity contribution >= 4 is 22.6 Å². The molecule has 0 aliphatic heterocycles. The molecule has 6 heteroatoms. The van der Waals surface area contributed by atoms with Crippen LogP contribution in [0.1, 0.15) is 10.4 Å². The van der Waals surface area contributed by atoms with Crippen LogP contribution in [0, 0.1) is 5.82 Å². The van der Waals surface area contributed by atoms with Crippen LogP contribution >= 0.6 is 0 Å². The molecule has 88 valence electrons. The molecule has 5 nitrogen and oxygen atoms in total. The molecular formula is C11H9FN2O3. The standard InChI is InChI=1S/C11H9FN2O3/c1-13-11(17)10(16)6-4-14-7-2-5(12)3-8(15)9(6)7/h2-4,14-15H,1H3,(H,13,17). The number of amides is 1. The maximum Gasteiger partial charge on any atom is 0.292 e. The van der Waals surface area contributed by atoms with Crippen molar-refractivity contribution in [2.24, 2.45) is 0 Å². The Kier molecular flexibility index (Phi) is 2.55. The molecule has 2 aromatic rings. The maximum absolute atomic E-state index is 13.0. The molecular weight excluding hydrogens is 227 g/mol. The number of fused-ring (bicyclic) bond motifs is 1. The molecule has 0 atom stereocenters. The average molecular weight is 236 g/mol. The summed E-state index contributed by atoms with van der Waals surface area (Å²) in [4.78, 5) is 25.5. The molecule has 0 spiro atoms. The van der Waals surface area contributed by atoms with Gasteiger partial charge in [-0.25, -0.2) is 4.39 Å². The number of aromatic nitrogens is 1. The number of phenols is 1. The second-order valence-corrected chi connectivity index (χ2v) is 3.46. The van der Waals surface area contributed by atoms with Crippen LogP contribution in [0.3, 0.4) is 0 Å². The van der Waals surface area contributed by atoms with E-state index in [9.17, 15) is 19.1 Å². The first kappa shape index (κ1) is 11.1. The summed E-state index contributed by atoms with van der Waals surface area (Å²) in [5, 5.41) is 11.9. The number of carbonyl (C=O) groups excluding carboxylic acids is 2. The van der Waals surface area contributed by atoms with Crippen LogP contribution in [-0.4, -0.2) is 28.8 Å². The van der Waals surface area contributed by atoms with Crippen molar-refractivity contribution in [3.63, 3.8) is 0 Å². The van der Waals surface area contributed by atoms with E-state index in [0.29, 0.717) is 0 Å². The number of nitrogens with one attached hydrogen (secondary N) is 2. The molecule has 0 radical (unpaired) electrons. The van der Waals surface area contributed by atoms with Gasteiger partial charge >= 0.3 is 0 Å². The van der Waals surface area contributed by atoms with E-state index in [-0.39, 0.29) is 22.2 Å². The van der Waals surface area contributed by atoms with E-state index in [4.69, 9.17) is 0 Å². The number of ketones is 1. The van der Waals surface area contributed by atoms with E-state index in [2.05, 4.69) is 10.3 Å². The number of aromatic amines is 1. The van der Waals surface area contributed by atoms with Crippen molar-refractivity contribution in [1.82, 2.24) is 10.3 Å². The first-order valence-electron chi connectivity index (χ1n) is 4.80. The first-order valence-corrected chi connectivity index (χ1v) is 4.80. The van der Waals surface area contributed by atoms with Crippen LogP contribution in [0.15, 0.2) is 18.3 Å². The fraction of sp³-hybridized carbons (Fsp3) is 0.0909. The third-order valence-corrected chi connectivity index (χ3v) is 2.40. The molecule has 0 saturated carbocycles. The first-order chi connectivity index (χ1) is 8.04. The number of Topliss-reactive ketones (excluding diaryl/α,β-unsaturated/α-hetero) is 1. The number of likely N-dealkylation sites (N-methyl/N-ethyl adjacent to an activating group) is 1. The molecule has 0 saturated heterocycles. The van der Waals surface area contributed by atoms with Crippen molar-refractivity contribution in [3.8, 4) is 5.75 Å². The van der Waals surface area contributed by atoms with Gasteiger partial charge in [-0.05, 0) is 6.07 Å². The fourth-order valence-electron chi connectivity index (χ4n) is 1.63. The Morgan fingerprint density at radius 2 is 2.12 bits per heavy atom. The van der Waals surface area contributed by atoms with Gasteiger partial charge in [0.05, 0.1) is 16.5 Å². The summed E-state index contributed by atoms with van der Waals surface area (Å²) in [6, 6.07) is 2.02. The highest BCUT2D eigenvalue weighted by molar-refractivity contribution is 6.45. The molecule has 1 heterocycles. The topological polar surface area (TPSA) is 82.2 Å². The van der Waals surface area contributed by atoms with Crippen LogP contribution < -0.4 is 5.32 Å². The van der Waals surface area contributed by atoms with Crippen molar-refractivity contribution in [2.75, 3.05) is 7.05 Å². The summed E-state index contributed by atoms with van der Waals surface area (Å²) in [6.07, 6.45) is 1.27. The van der Waals surface area contributed by atoms with E-state index in [1.54, 1.807) is 0 Å². The quantitative estimate of drug-likeness (QED) is 0.536. The molecule has 17 heavy (non-hydrogen) atoms. The Labute approximate surface area is 95.2 Å². The summed E-state index contributed by atoms with van der Waals surface area (Å²) < 4.78 is 13.0. The second-order valence-electron chi connectivity index (χ2n) is 3.46. The largest absolute Gasteiger partial charge is 0.507 e. The molecule has 3 N–H and O–H groups in total. The molecule has 1 amide bonds. The smallest absolute Gasteiger partial charge is 0.292 e. The zero-order chi connectivity index (χ0) is 12.6. The molecule has 1 aromatic carbocycles. The Balaban J connectivity index is 2.64. The van der Waals surface area contributed by atoms with Gasteiger partial charge in [-0.2, -0.15) is 0 Å². The van der Waals surface area contributed by atoms with E-state index < -0.39 is 17.5 Å². The Hall–Kier alpha value is -2.37. The van der Waals surface area contributed by atoms with E-state index >= 15 is 0 Å². The van der Waals surface area contributed by atoms with Crippen LogP contribution in [0.4, 0.5) is 4.39 Å². The lowest BCUT2D eigenvalue weighted by Gasteiger charge is -2.00. The van der Waals surface area contributed by atoms with Crippen LogP contribution in [0.2, 0.25) is 0 Å². The number of H-pyrrole nitrogens is 1. The van der Waals surface area contributed by atoms with Gasteiger partial charge in [-0.3, -0.25) is 9.59 Å². The summed E-state index contributed by atoms with van der Waals surface area (Å²) in [5.74, 6) is -2.60. The van der Waals surface area contributed by atoms with Crippen molar-refractivity contribution in [1.29, 1.82) is 0 Å². The Morgan fingerprint density at radius 3 is 2.76 bits per heavy atom. The van der Waals surface area contributed by atoms with Crippen LogP contribution in [-0.2, 0) is 4.79 Å². The van der Waals surface area contributed by atoms with Gasteiger partial charge < -0.3 is 15.4 Å². The number of aromatic hydroxyl groups is 1. The maximum atomic E-state index is 13.0. The number of rotatable bonds is 2. The van der Waals surface area contributed by atoms with E-state index in [1.165, 1.54) is 13.2 Å². The van der Waals surface area contributed by atoms with Crippen molar-refractivity contribution < 1.29 is 19.1 Å². The average Bonchev–Trinajstić information content (AvgIpc) is 2.70. The van der Waals surface area contributed by atoms with Gasteiger partial charge in [0, 0.05) is 19.3 Å². The minimum Gasteiger partial charge on any atom is -0.507 e. The summed E-state index contributed by atoms with van der Waals surface area (Å²) >= 11 is 0. The molecule has 0 aliphatic carbocycles. The summed E-state index contributed by atoms with van der Waals surface area (Å²) in [5.41, 5.74) is 0.270. The number of phenolic OH excluding ortho intramolecular Hbond substituents is 1. The highest BCUT2D eigenvalue weighted by atomic mass is 19.1. The third-order valence-electron chi connectivity index (χ3n) is 2.40. The van der Waals surface area contributed by atoms with E-state index in [1.807, 2.05) is 0 Å². The van der Waals surface area contributed by atoms with Gasteiger partial charge in [-0.1, -0.05) is 0 Å². The molecule has 0 aliphatic rings. The number of hydrogen-bond donors (Lipinski definition) is 3. The third kappa shape index (κ3) is 1.73. The number of halogens is 1. The van der Waals surface area contributed by atoms with Crippen LogP contribution in [0.5, 0.6) is 5.75 Å². The summed E-state index contributed by atoms with van der Waals surface area (Å²) in [6.45, 7) is 0. The monoisotopic (exact) mass is 236 g/mol. The Morgan fingerprint density at radius 1 is 1.41 bits per heavy atom.